The Morgan fingerprint density at radius 2 is 2.07 bits per heavy atom. The first-order valence-electron chi connectivity index (χ1n) is 3.95. The van der Waals surface area contributed by atoms with Gasteiger partial charge in [-0.25, -0.2) is 8.78 Å². The summed E-state index contributed by atoms with van der Waals surface area (Å²) < 4.78 is 26.3. The fraction of sp³-hybridized carbons (Fsp3) is 0.222. The summed E-state index contributed by atoms with van der Waals surface area (Å²) in [5, 5.41) is 17.7. The summed E-state index contributed by atoms with van der Waals surface area (Å²) >= 11 is 2.70. The van der Waals surface area contributed by atoms with Crippen molar-refractivity contribution < 1.29 is 23.8 Å². The third-order valence-corrected chi connectivity index (χ3v) is 2.73. The molecule has 3 nitrogen and oxygen atoms in total. The molecular weight excluding hydrogens is 274 g/mol. The molecule has 0 saturated heterocycles. The molecule has 15 heavy (non-hydrogen) atoms. The van der Waals surface area contributed by atoms with E-state index in [0.717, 1.165) is 6.92 Å². The van der Waals surface area contributed by atoms with Crippen molar-refractivity contribution in [3.05, 3.63) is 27.7 Å². The van der Waals surface area contributed by atoms with Crippen LogP contribution in [0.1, 0.15) is 18.4 Å². The van der Waals surface area contributed by atoms with Crippen molar-refractivity contribution in [3.8, 4) is 5.75 Å². The maximum absolute atomic E-state index is 13.4. The van der Waals surface area contributed by atoms with Crippen molar-refractivity contribution in [2.75, 3.05) is 0 Å². The molecule has 0 aliphatic rings. The summed E-state index contributed by atoms with van der Waals surface area (Å²) in [5.74, 6) is -5.44. The molecule has 0 radical (unpaired) electrons. The number of phenolic OH excluding ortho intramolecular Hbond substituents is 1. The number of phenols is 1. The number of carboxylic acid groups (broad SMARTS) is 1. The molecule has 1 aromatic rings. The lowest BCUT2D eigenvalue weighted by atomic mass is 10.00. The number of carboxylic acids is 1. The minimum Gasteiger partial charge on any atom is -0.507 e. The zero-order valence-corrected chi connectivity index (χ0v) is 9.18. The minimum absolute atomic E-state index is 0.341. The summed E-state index contributed by atoms with van der Waals surface area (Å²) in [6, 6.07) is 0.669. The van der Waals surface area contributed by atoms with Crippen molar-refractivity contribution in [1.29, 1.82) is 0 Å². The van der Waals surface area contributed by atoms with E-state index in [1.54, 1.807) is 0 Å². The number of hydrogen-bond donors (Lipinski definition) is 2. The monoisotopic (exact) mass is 280 g/mol. The highest BCUT2D eigenvalue weighted by atomic mass is 79.9. The van der Waals surface area contributed by atoms with Crippen LogP contribution in [0.25, 0.3) is 0 Å². The Morgan fingerprint density at radius 1 is 1.53 bits per heavy atom. The molecule has 0 aliphatic heterocycles. The molecular formula is C9H7BrF2O3. The van der Waals surface area contributed by atoms with Crippen LogP contribution in [0.2, 0.25) is 0 Å². The second kappa shape index (κ2) is 4.14. The Morgan fingerprint density at radius 3 is 2.53 bits per heavy atom. The quantitative estimate of drug-likeness (QED) is 0.819. The van der Waals surface area contributed by atoms with Crippen LogP contribution in [-0.4, -0.2) is 16.2 Å². The van der Waals surface area contributed by atoms with Crippen LogP contribution in [-0.2, 0) is 4.79 Å². The van der Waals surface area contributed by atoms with Crippen molar-refractivity contribution in [3.63, 3.8) is 0 Å². The molecule has 82 valence electrons. The van der Waals surface area contributed by atoms with E-state index in [-0.39, 0.29) is 4.47 Å². The van der Waals surface area contributed by atoms with Gasteiger partial charge in [0.25, 0.3) is 0 Å². The number of halogens is 3. The third kappa shape index (κ3) is 2.09. The zero-order valence-electron chi connectivity index (χ0n) is 7.59. The van der Waals surface area contributed by atoms with E-state index in [2.05, 4.69) is 15.9 Å². The molecule has 0 amide bonds. The Bertz CT molecular complexity index is 420. The molecule has 0 bridgehead atoms. The number of aromatic hydroxyl groups is 1. The zero-order chi connectivity index (χ0) is 11.7. The minimum atomic E-state index is -1.34. The summed E-state index contributed by atoms with van der Waals surface area (Å²) in [7, 11) is 0. The molecule has 0 aliphatic carbocycles. The van der Waals surface area contributed by atoms with Gasteiger partial charge < -0.3 is 10.2 Å². The summed E-state index contributed by atoms with van der Waals surface area (Å²) in [6.07, 6.45) is 0. The predicted octanol–water partition coefficient (Wildman–Crippen LogP) is 2.62. The molecule has 0 spiro atoms. The lowest BCUT2D eigenvalue weighted by molar-refractivity contribution is -0.138. The highest BCUT2D eigenvalue weighted by Gasteiger charge is 2.25. The predicted molar refractivity (Wildman–Crippen MR) is 51.8 cm³/mol. The molecule has 1 unspecified atom stereocenters. The fourth-order valence-corrected chi connectivity index (χ4v) is 1.45. The molecule has 6 heteroatoms. The molecule has 0 aromatic heterocycles. The van der Waals surface area contributed by atoms with Crippen LogP contribution in [0.3, 0.4) is 0 Å². The smallest absolute Gasteiger partial charge is 0.310 e. The molecule has 0 fully saturated rings. The van der Waals surface area contributed by atoms with Gasteiger partial charge in [-0.05, 0) is 22.9 Å². The van der Waals surface area contributed by atoms with E-state index in [1.807, 2.05) is 0 Å². The van der Waals surface area contributed by atoms with Crippen molar-refractivity contribution in [1.82, 2.24) is 0 Å². The largest absolute Gasteiger partial charge is 0.507 e. The van der Waals surface area contributed by atoms with Crippen LogP contribution in [0.4, 0.5) is 8.78 Å². The normalized spacial score (nSPS) is 12.5. The van der Waals surface area contributed by atoms with E-state index < -0.39 is 34.8 Å². The second-order valence-corrected chi connectivity index (χ2v) is 3.77. The Kier molecular flexibility index (Phi) is 3.28. The summed E-state index contributed by atoms with van der Waals surface area (Å²) in [6.45, 7) is 1.16. The van der Waals surface area contributed by atoms with Gasteiger partial charge in [-0.1, -0.05) is 0 Å². The van der Waals surface area contributed by atoms with Gasteiger partial charge in [0, 0.05) is 11.6 Å². The SMILES string of the molecule is CC(C(=O)O)c1c(F)cc(O)c(Br)c1F. The van der Waals surface area contributed by atoms with E-state index in [4.69, 9.17) is 10.2 Å². The average molecular weight is 281 g/mol. The lowest BCUT2D eigenvalue weighted by Gasteiger charge is -2.11. The van der Waals surface area contributed by atoms with Gasteiger partial charge in [-0.3, -0.25) is 4.79 Å². The standard InChI is InChI=1S/C9H7BrF2O3/c1-3(9(14)15)6-4(11)2-5(13)7(10)8(6)12/h2-3,13H,1H3,(H,14,15). The Hall–Kier alpha value is -1.17. The topological polar surface area (TPSA) is 57.5 Å². The number of carbonyl (C=O) groups is 1. The fourth-order valence-electron chi connectivity index (χ4n) is 1.12. The highest BCUT2D eigenvalue weighted by molar-refractivity contribution is 9.10. The molecule has 2 N–H and O–H groups in total. The number of hydrogen-bond acceptors (Lipinski definition) is 2. The van der Waals surface area contributed by atoms with Gasteiger partial charge >= 0.3 is 5.97 Å². The summed E-state index contributed by atoms with van der Waals surface area (Å²) in [5.41, 5.74) is -0.577. The first-order chi connectivity index (χ1) is 6.86. The number of benzene rings is 1. The van der Waals surface area contributed by atoms with E-state index in [9.17, 15) is 13.6 Å². The average Bonchev–Trinajstić information content (AvgIpc) is 2.14. The van der Waals surface area contributed by atoms with Gasteiger partial charge in [-0.2, -0.15) is 0 Å². The van der Waals surface area contributed by atoms with Crippen LogP contribution < -0.4 is 0 Å². The van der Waals surface area contributed by atoms with Crippen LogP contribution in [0, 0.1) is 11.6 Å². The molecule has 0 saturated carbocycles. The third-order valence-electron chi connectivity index (χ3n) is 1.98. The van der Waals surface area contributed by atoms with Crippen LogP contribution >= 0.6 is 15.9 Å². The van der Waals surface area contributed by atoms with Crippen molar-refractivity contribution in [2.45, 2.75) is 12.8 Å². The van der Waals surface area contributed by atoms with E-state index in [0.29, 0.717) is 6.07 Å². The van der Waals surface area contributed by atoms with Gasteiger partial charge in [0.05, 0.1) is 10.4 Å². The maximum Gasteiger partial charge on any atom is 0.310 e. The summed E-state index contributed by atoms with van der Waals surface area (Å²) in [4.78, 5) is 10.6. The van der Waals surface area contributed by atoms with Crippen molar-refractivity contribution in [2.24, 2.45) is 0 Å². The van der Waals surface area contributed by atoms with Crippen molar-refractivity contribution >= 4 is 21.9 Å². The molecule has 0 heterocycles. The van der Waals surface area contributed by atoms with E-state index in [1.165, 1.54) is 0 Å². The molecule has 1 atom stereocenters. The maximum atomic E-state index is 13.4. The lowest BCUT2D eigenvalue weighted by Crippen LogP contribution is -2.12. The van der Waals surface area contributed by atoms with Crippen LogP contribution in [0.5, 0.6) is 5.75 Å². The Labute approximate surface area is 92.5 Å². The Balaban J connectivity index is 3.42. The molecule has 1 rings (SSSR count). The van der Waals surface area contributed by atoms with Gasteiger partial charge in [0.2, 0.25) is 0 Å². The van der Waals surface area contributed by atoms with Gasteiger partial charge in [0.15, 0.2) is 0 Å². The van der Waals surface area contributed by atoms with Crippen LogP contribution in [0.15, 0.2) is 10.5 Å². The first kappa shape index (κ1) is 11.9. The van der Waals surface area contributed by atoms with Gasteiger partial charge in [-0.15, -0.1) is 0 Å². The van der Waals surface area contributed by atoms with E-state index >= 15 is 0 Å². The first-order valence-corrected chi connectivity index (χ1v) is 4.74. The molecule has 1 aromatic carbocycles. The highest BCUT2D eigenvalue weighted by Crippen LogP contribution is 2.34. The second-order valence-electron chi connectivity index (χ2n) is 2.98. The van der Waals surface area contributed by atoms with Gasteiger partial charge in [0.1, 0.15) is 17.4 Å². The number of aliphatic carboxylic acids is 1. The number of rotatable bonds is 2.